The van der Waals surface area contributed by atoms with Gasteiger partial charge in [0.05, 0.1) is 49.6 Å². The summed E-state index contributed by atoms with van der Waals surface area (Å²) < 4.78 is 47.8. The first-order valence-corrected chi connectivity index (χ1v) is 13.9. The number of benzene rings is 2. The van der Waals surface area contributed by atoms with Gasteiger partial charge < -0.3 is 24.2 Å². The van der Waals surface area contributed by atoms with Crippen LogP contribution in [0.4, 0.5) is 24.8 Å². The van der Waals surface area contributed by atoms with E-state index in [2.05, 4.69) is 16.3 Å². The molecular weight excluding hydrogens is 597 g/mol. The molecule has 0 amide bonds. The minimum absolute atomic E-state index is 0.00906. The number of nitrogens with one attached hydrogen (secondary N) is 1. The Hall–Kier alpha value is -4.94. The number of hydrogen-bond acceptors (Lipinski definition) is 9. The van der Waals surface area contributed by atoms with Crippen LogP contribution in [0.1, 0.15) is 48.1 Å². The fourth-order valence-corrected chi connectivity index (χ4v) is 6.20. The van der Waals surface area contributed by atoms with Crippen molar-refractivity contribution in [3.8, 4) is 6.07 Å². The Bertz CT molecular complexity index is 1700. The summed E-state index contributed by atoms with van der Waals surface area (Å²) in [6.07, 6.45) is -2.68. The van der Waals surface area contributed by atoms with E-state index in [9.17, 15) is 33.1 Å². The molecule has 15 heteroatoms. The molecule has 2 aliphatic rings. The van der Waals surface area contributed by atoms with E-state index in [1.165, 1.54) is 28.7 Å². The van der Waals surface area contributed by atoms with Crippen LogP contribution in [0.3, 0.4) is 0 Å². The number of methoxy groups -OCH3 is 1. The van der Waals surface area contributed by atoms with Gasteiger partial charge in [-0.1, -0.05) is 12.1 Å². The molecule has 3 heterocycles. The molecule has 5 rings (SSSR count). The third-order valence-corrected chi connectivity index (χ3v) is 8.14. The van der Waals surface area contributed by atoms with E-state index in [4.69, 9.17) is 14.6 Å². The third-order valence-electron chi connectivity index (χ3n) is 8.14. The maximum Gasteiger partial charge on any atom is 0.416 e. The highest BCUT2D eigenvalue weighted by atomic mass is 19.4. The van der Waals surface area contributed by atoms with E-state index in [0.717, 1.165) is 38.1 Å². The number of carbonyl (C=O) groups excluding carboxylic acids is 2. The van der Waals surface area contributed by atoms with E-state index >= 15 is 0 Å². The van der Waals surface area contributed by atoms with Crippen molar-refractivity contribution in [2.45, 2.75) is 38.5 Å². The van der Waals surface area contributed by atoms with E-state index in [1.54, 1.807) is 25.1 Å². The number of nitrogens with zero attached hydrogens (tertiary/aromatic N) is 5. The second-order valence-electron chi connectivity index (χ2n) is 10.7. The second kappa shape index (κ2) is 13.4. The molecule has 0 unspecified atom stereocenters. The fraction of sp³-hybridized carbons (Fsp3) is 0.367. The largest absolute Gasteiger partial charge is 0.554 e. The number of carbonyl (C=O) groups is 2. The van der Waals surface area contributed by atoms with E-state index in [1.807, 2.05) is 0 Å². The highest BCUT2D eigenvalue weighted by Crippen LogP contribution is 2.44. The fourth-order valence-electron chi connectivity index (χ4n) is 6.20. The van der Waals surface area contributed by atoms with Crippen LogP contribution in [-0.2, 0) is 27.0 Å². The van der Waals surface area contributed by atoms with Crippen LogP contribution in [0.15, 0.2) is 58.5 Å². The lowest BCUT2D eigenvalue weighted by Crippen LogP contribution is -2.47. The van der Waals surface area contributed by atoms with Crippen LogP contribution in [0.5, 0.6) is 0 Å². The Kier molecular flexibility index (Phi) is 9.79. The van der Waals surface area contributed by atoms with Crippen LogP contribution in [0, 0.1) is 11.3 Å². The molecule has 2 aromatic carbocycles. The molecule has 238 valence electrons. The Balaban J connectivity index is 0.00000148. The van der Waals surface area contributed by atoms with Crippen LogP contribution >= 0.6 is 0 Å². The topological polar surface area (TPSA) is 164 Å². The number of ether oxygens (including phenoxy) is 1. The number of aromatic nitrogens is 3. The van der Waals surface area contributed by atoms with Gasteiger partial charge >= 0.3 is 17.8 Å². The minimum Gasteiger partial charge on any atom is -0.554 e. The number of halogens is 3. The van der Waals surface area contributed by atoms with Crippen molar-refractivity contribution in [2.24, 2.45) is 0 Å². The summed E-state index contributed by atoms with van der Waals surface area (Å²) in [6.45, 7) is 3.61. The van der Waals surface area contributed by atoms with Crippen LogP contribution in [0.25, 0.3) is 0 Å². The first kappa shape index (κ1) is 33.0. The van der Waals surface area contributed by atoms with Gasteiger partial charge in [0, 0.05) is 36.3 Å². The third kappa shape index (κ3) is 6.47. The molecule has 0 aliphatic carbocycles. The lowest BCUT2D eigenvalue weighted by Gasteiger charge is -2.38. The average molecular weight is 629 g/mol. The number of aliphatic hydroxyl groups is 1. The van der Waals surface area contributed by atoms with E-state index < -0.39 is 35.9 Å². The highest BCUT2D eigenvalue weighted by Gasteiger charge is 2.42. The summed E-state index contributed by atoms with van der Waals surface area (Å²) in [5.41, 5.74) is 0.358. The smallest absolute Gasteiger partial charge is 0.416 e. The number of hydrogen-bond donors (Lipinski definition) is 2. The Labute approximate surface area is 255 Å². The number of likely N-dealkylation sites (tertiary alicyclic amines) is 1. The van der Waals surface area contributed by atoms with Crippen molar-refractivity contribution in [3.63, 3.8) is 0 Å². The molecular formula is C30H31F3N6O6. The first-order chi connectivity index (χ1) is 21.4. The zero-order valence-corrected chi connectivity index (χ0v) is 24.5. The van der Waals surface area contributed by atoms with Gasteiger partial charge in [-0.15, -0.1) is 5.10 Å². The number of H-pyrrole nitrogens is 1. The molecule has 2 N–H and O–H groups in total. The Morgan fingerprint density at radius 1 is 1.27 bits per heavy atom. The molecule has 0 radical (unpaired) electrons. The van der Waals surface area contributed by atoms with E-state index in [0.29, 0.717) is 34.3 Å². The van der Waals surface area contributed by atoms with Crippen LogP contribution < -0.4 is 15.7 Å². The summed E-state index contributed by atoms with van der Waals surface area (Å²) >= 11 is 0. The number of esters is 1. The van der Waals surface area contributed by atoms with Gasteiger partial charge in [-0.3, -0.25) is 4.90 Å². The Morgan fingerprint density at radius 2 is 1.96 bits per heavy atom. The van der Waals surface area contributed by atoms with E-state index in [-0.39, 0.29) is 29.5 Å². The van der Waals surface area contributed by atoms with Gasteiger partial charge in [0.15, 0.2) is 0 Å². The molecule has 12 nitrogen and oxygen atoms in total. The van der Waals surface area contributed by atoms with Gasteiger partial charge in [0.25, 0.3) is 0 Å². The number of rotatable bonds is 7. The zero-order chi connectivity index (χ0) is 32.9. The van der Waals surface area contributed by atoms with Crippen molar-refractivity contribution in [2.75, 3.05) is 38.3 Å². The SMILES string of the molecule is COC(=O)C1=C(C)N(c2cccc(C(F)(F)F)c2)c2n[nH]c(=O)n2[C@@H]1c1ccc(C#N)cc1C[N+]1(CCO)CCCC1.O=C[O-]. The van der Waals surface area contributed by atoms with Gasteiger partial charge in [-0.25, -0.2) is 19.3 Å². The van der Waals surface area contributed by atoms with Crippen LogP contribution in [0.2, 0.25) is 0 Å². The monoisotopic (exact) mass is 628 g/mol. The van der Waals surface area contributed by atoms with Gasteiger partial charge in [0.2, 0.25) is 5.95 Å². The first-order valence-electron chi connectivity index (χ1n) is 13.9. The lowest BCUT2D eigenvalue weighted by atomic mass is 9.89. The number of quaternary nitrogens is 1. The predicted molar refractivity (Wildman–Crippen MR) is 151 cm³/mol. The maximum atomic E-state index is 13.6. The number of aromatic amines is 1. The molecule has 0 spiro atoms. The second-order valence-corrected chi connectivity index (χ2v) is 10.7. The number of carboxylic acid groups (broad SMARTS) is 1. The molecule has 2 aliphatic heterocycles. The Morgan fingerprint density at radius 3 is 2.56 bits per heavy atom. The van der Waals surface area contributed by atoms with Gasteiger partial charge in [0.1, 0.15) is 19.1 Å². The number of allylic oxidation sites excluding steroid dienone is 1. The van der Waals surface area contributed by atoms with Crippen LogP contribution in [-0.4, -0.2) is 70.1 Å². The minimum atomic E-state index is -4.62. The summed E-state index contributed by atoms with van der Waals surface area (Å²) in [5.74, 6) is -0.783. The molecule has 1 fully saturated rings. The maximum absolute atomic E-state index is 13.6. The summed E-state index contributed by atoms with van der Waals surface area (Å²) in [5, 5.41) is 34.3. The molecule has 45 heavy (non-hydrogen) atoms. The predicted octanol–water partition coefficient (Wildman–Crippen LogP) is 2.12. The number of aliphatic hydroxyl groups excluding tert-OH is 1. The molecule has 1 saturated heterocycles. The van der Waals surface area contributed by atoms with Gasteiger partial charge in [-0.05, 0) is 42.8 Å². The number of fused-ring (bicyclic) bond motifs is 1. The van der Waals surface area contributed by atoms with Crippen molar-refractivity contribution in [1.29, 1.82) is 5.26 Å². The summed E-state index contributed by atoms with van der Waals surface area (Å²) in [4.78, 5) is 36.3. The highest BCUT2D eigenvalue weighted by molar-refractivity contribution is 5.93. The van der Waals surface area contributed by atoms with Crippen molar-refractivity contribution in [1.82, 2.24) is 14.8 Å². The lowest BCUT2D eigenvalue weighted by molar-refractivity contribution is -0.930. The molecule has 1 atom stereocenters. The summed E-state index contributed by atoms with van der Waals surface area (Å²) in [6, 6.07) is 10.6. The molecule has 3 aromatic rings. The van der Waals surface area contributed by atoms with Crippen molar-refractivity contribution < 1.29 is 42.2 Å². The standard InChI is InChI=1S/C29H29F3N6O4.CH2O2/c1-18-24(26(40)42-2)25(23-9-8-19(16-33)14-20(23)17-38(12-13-39)10-3-4-11-38)37-27(34-35-28(37)41)36(18)22-7-5-6-21(15-22)29(30,31)32;2-1-3/h5-9,14-15,25,39H,3-4,10-13,17H2,1-2H3;1H,(H,2,3)/t25-;/m1./s1. The molecule has 1 aromatic heterocycles. The molecule has 0 bridgehead atoms. The molecule has 0 saturated carbocycles. The van der Waals surface area contributed by atoms with Gasteiger partial charge in [-0.2, -0.15) is 18.4 Å². The quantitative estimate of drug-likeness (QED) is 0.227. The number of nitriles is 1. The normalized spacial score (nSPS) is 17.2. The number of anilines is 2. The zero-order valence-electron chi connectivity index (χ0n) is 24.5. The number of alkyl halides is 3. The average Bonchev–Trinajstić information content (AvgIpc) is 3.63. The summed E-state index contributed by atoms with van der Waals surface area (Å²) in [7, 11) is 1.19. The van der Waals surface area contributed by atoms with Crippen molar-refractivity contribution >= 4 is 24.1 Å². The van der Waals surface area contributed by atoms with Crippen molar-refractivity contribution in [3.05, 3.63) is 86.5 Å².